The molecule has 1 rings (SSSR count). The molecule has 0 unspecified atom stereocenters. The van der Waals surface area contributed by atoms with Crippen LogP contribution in [0.5, 0.6) is 0 Å². The number of carboxylic acids is 1. The Morgan fingerprint density at radius 3 is 2.24 bits per heavy atom. The van der Waals surface area contributed by atoms with E-state index in [1.165, 1.54) is 24.3 Å². The van der Waals surface area contributed by atoms with Crippen LogP contribution in [-0.4, -0.2) is 34.0 Å². The molecule has 1 aromatic rings. The van der Waals surface area contributed by atoms with Gasteiger partial charge in [0.15, 0.2) is 0 Å². The quantitative estimate of drug-likeness (QED) is 0.541. The number of carbonyl (C=O) groups is 1. The Balaban J connectivity index is 2.82. The van der Waals surface area contributed by atoms with Crippen LogP contribution in [0.1, 0.15) is 5.56 Å². The summed E-state index contributed by atoms with van der Waals surface area (Å²) in [6, 6.07) is 4.94. The second kappa shape index (κ2) is 5.42. The molecular weight excluding hydrogens is 245 g/mol. The number of benzene rings is 1. The first kappa shape index (κ1) is 13.9. The van der Waals surface area contributed by atoms with E-state index in [4.69, 9.17) is 14.9 Å². The van der Waals surface area contributed by atoms with Gasteiger partial charge in [0.2, 0.25) is 0 Å². The summed E-state index contributed by atoms with van der Waals surface area (Å²) < 4.78 is 10.9. The fraction of sp³-hybridized carbons (Fsp3) is 0.300. The van der Waals surface area contributed by atoms with E-state index < -0.39 is 19.6 Å². The van der Waals surface area contributed by atoms with Gasteiger partial charge in [-0.3, -0.25) is 9.36 Å². The molecule has 0 amide bonds. The maximum atomic E-state index is 10.9. The topological polar surface area (TPSA) is 107 Å². The average Bonchev–Trinajstić information content (AvgIpc) is 2.25. The van der Waals surface area contributed by atoms with Crippen molar-refractivity contribution in [2.24, 2.45) is 0 Å². The second-order valence-electron chi connectivity index (χ2n) is 3.59. The molecule has 0 saturated carbocycles. The highest BCUT2D eigenvalue weighted by molar-refractivity contribution is 7.60. The highest BCUT2D eigenvalue weighted by Gasteiger charge is 2.18. The predicted octanol–water partition coefficient (Wildman–Crippen LogP) is -0.295. The smallest absolute Gasteiger partial charge is 0.356 e. The maximum absolute atomic E-state index is 10.9. The second-order valence-corrected chi connectivity index (χ2v) is 5.20. The van der Waals surface area contributed by atoms with E-state index >= 15 is 0 Å². The van der Waals surface area contributed by atoms with Gasteiger partial charge in [-0.2, -0.15) is 0 Å². The molecule has 7 heteroatoms. The largest absolute Gasteiger partial charge is 0.480 e. The summed E-state index contributed by atoms with van der Waals surface area (Å²) in [6.45, 7) is 0. The molecule has 0 aliphatic carbocycles. The van der Waals surface area contributed by atoms with Crippen LogP contribution >= 0.6 is 7.60 Å². The Morgan fingerprint density at radius 2 is 1.88 bits per heavy atom. The van der Waals surface area contributed by atoms with Gasteiger partial charge in [0, 0.05) is 0 Å². The molecule has 0 aromatic heterocycles. The van der Waals surface area contributed by atoms with Gasteiger partial charge >= 0.3 is 13.6 Å². The zero-order valence-electron chi connectivity index (χ0n) is 9.20. The lowest BCUT2D eigenvalue weighted by molar-refractivity contribution is -0.139. The third kappa shape index (κ3) is 3.94. The Labute approximate surface area is 98.4 Å². The summed E-state index contributed by atoms with van der Waals surface area (Å²) in [6.07, 6.45) is 0.257. The lowest BCUT2D eigenvalue weighted by Crippen LogP contribution is -2.35. The van der Waals surface area contributed by atoms with Crippen LogP contribution < -0.4 is 10.6 Å². The Bertz CT molecular complexity index is 439. The van der Waals surface area contributed by atoms with Crippen LogP contribution in [0.4, 0.5) is 0 Å². The molecule has 0 fully saturated rings. The Morgan fingerprint density at radius 1 is 1.35 bits per heavy atom. The van der Waals surface area contributed by atoms with Gasteiger partial charge in [0.05, 0.1) is 5.30 Å². The molecular formula is C10H14NO5P. The SMILES string of the molecule is CN[C@@H](Cc1ccc(P(=O)(O)O)cc1)C(=O)O. The Hall–Kier alpha value is -1.20. The molecule has 0 aliphatic rings. The molecule has 17 heavy (non-hydrogen) atoms. The van der Waals surface area contributed by atoms with E-state index in [0.717, 1.165) is 0 Å². The molecule has 0 radical (unpaired) electrons. The van der Waals surface area contributed by atoms with Crippen molar-refractivity contribution in [2.45, 2.75) is 12.5 Å². The summed E-state index contributed by atoms with van der Waals surface area (Å²) in [4.78, 5) is 28.6. The van der Waals surface area contributed by atoms with Gasteiger partial charge in [0.25, 0.3) is 0 Å². The van der Waals surface area contributed by atoms with Crippen molar-refractivity contribution in [3.63, 3.8) is 0 Å². The van der Waals surface area contributed by atoms with Gasteiger partial charge in [-0.15, -0.1) is 0 Å². The highest BCUT2D eigenvalue weighted by atomic mass is 31.2. The van der Waals surface area contributed by atoms with E-state index in [9.17, 15) is 9.36 Å². The summed E-state index contributed by atoms with van der Waals surface area (Å²) in [5, 5.41) is 11.4. The fourth-order valence-electron chi connectivity index (χ4n) is 1.37. The third-order valence-corrected chi connectivity index (χ3v) is 3.33. The Kier molecular flexibility index (Phi) is 4.42. The molecule has 1 aromatic carbocycles. The summed E-state index contributed by atoms with van der Waals surface area (Å²) in [5.74, 6) is -0.966. The van der Waals surface area contributed by atoms with E-state index in [0.29, 0.717) is 5.56 Å². The molecule has 0 aliphatic heterocycles. The standard InChI is InChI=1S/C10H14NO5P/c1-11-9(10(12)13)6-7-2-4-8(5-3-7)17(14,15)16/h2-5,9,11H,6H2,1H3,(H,12,13)(H2,14,15,16)/t9-/m0/s1. The monoisotopic (exact) mass is 259 g/mol. The van der Waals surface area contributed by atoms with Gasteiger partial charge in [-0.05, 0) is 31.2 Å². The first-order valence-corrected chi connectivity index (χ1v) is 6.51. The number of rotatable bonds is 5. The average molecular weight is 259 g/mol. The van der Waals surface area contributed by atoms with Crippen molar-refractivity contribution < 1.29 is 24.3 Å². The van der Waals surface area contributed by atoms with Gasteiger partial charge in [-0.25, -0.2) is 0 Å². The normalized spacial score (nSPS) is 13.4. The van der Waals surface area contributed by atoms with Gasteiger partial charge < -0.3 is 20.2 Å². The van der Waals surface area contributed by atoms with Crippen molar-refractivity contribution >= 4 is 18.9 Å². The number of carboxylic acid groups (broad SMARTS) is 1. The van der Waals surface area contributed by atoms with Crippen LogP contribution in [0.3, 0.4) is 0 Å². The summed E-state index contributed by atoms with van der Waals surface area (Å²) in [5.41, 5.74) is 0.698. The van der Waals surface area contributed by atoms with Crippen LogP contribution in [0.15, 0.2) is 24.3 Å². The van der Waals surface area contributed by atoms with Crippen LogP contribution in [0.2, 0.25) is 0 Å². The van der Waals surface area contributed by atoms with Gasteiger partial charge in [0.1, 0.15) is 6.04 Å². The lowest BCUT2D eigenvalue weighted by Gasteiger charge is -2.11. The highest BCUT2D eigenvalue weighted by Crippen LogP contribution is 2.32. The van der Waals surface area contributed by atoms with Crippen LogP contribution in [-0.2, 0) is 15.8 Å². The number of hydrogen-bond donors (Lipinski definition) is 4. The predicted molar refractivity (Wildman–Crippen MR) is 62.3 cm³/mol. The van der Waals surface area contributed by atoms with E-state index in [1.807, 2.05) is 0 Å². The summed E-state index contributed by atoms with van der Waals surface area (Å²) >= 11 is 0. The zero-order valence-corrected chi connectivity index (χ0v) is 10.1. The van der Waals surface area contributed by atoms with Crippen molar-refractivity contribution in [2.75, 3.05) is 7.05 Å². The molecule has 0 saturated heterocycles. The molecule has 4 N–H and O–H groups in total. The minimum Gasteiger partial charge on any atom is -0.480 e. The number of nitrogens with one attached hydrogen (secondary N) is 1. The molecule has 0 bridgehead atoms. The number of aliphatic carboxylic acids is 1. The third-order valence-electron chi connectivity index (χ3n) is 2.36. The van der Waals surface area contributed by atoms with E-state index in [2.05, 4.69) is 5.32 Å². The minimum atomic E-state index is -4.23. The molecule has 6 nitrogen and oxygen atoms in total. The maximum Gasteiger partial charge on any atom is 0.356 e. The van der Waals surface area contributed by atoms with Gasteiger partial charge in [-0.1, -0.05) is 12.1 Å². The lowest BCUT2D eigenvalue weighted by atomic mass is 10.1. The minimum absolute atomic E-state index is 0.0717. The van der Waals surface area contributed by atoms with Crippen LogP contribution in [0, 0.1) is 0 Å². The van der Waals surface area contributed by atoms with Crippen molar-refractivity contribution in [3.05, 3.63) is 29.8 Å². The fourth-order valence-corrected chi connectivity index (χ4v) is 1.91. The molecule has 0 heterocycles. The first-order chi connectivity index (χ1) is 7.84. The molecule has 0 spiro atoms. The van der Waals surface area contributed by atoms with Crippen molar-refractivity contribution in [1.29, 1.82) is 0 Å². The van der Waals surface area contributed by atoms with Crippen molar-refractivity contribution in [3.8, 4) is 0 Å². The van der Waals surface area contributed by atoms with Crippen molar-refractivity contribution in [1.82, 2.24) is 5.32 Å². The van der Waals surface area contributed by atoms with E-state index in [1.54, 1.807) is 7.05 Å². The van der Waals surface area contributed by atoms with E-state index in [-0.39, 0.29) is 11.7 Å². The molecule has 1 atom stereocenters. The zero-order chi connectivity index (χ0) is 13.1. The van der Waals surface area contributed by atoms with Crippen LogP contribution in [0.25, 0.3) is 0 Å². The number of hydrogen-bond acceptors (Lipinski definition) is 3. The summed E-state index contributed by atoms with van der Waals surface area (Å²) in [7, 11) is -2.69. The molecule has 94 valence electrons. The number of likely N-dealkylation sites (N-methyl/N-ethyl adjacent to an activating group) is 1. The first-order valence-electron chi connectivity index (χ1n) is 4.89.